The standard InChI is InChI=1S/C14H13F4NS/c1-2-3-9(19)10-4-5-11(20-10)12-13(17)7(15)6-8(16)14(12)18/h4-6,9H,2-3,19H2,1H3. The van der Waals surface area contributed by atoms with E-state index in [2.05, 4.69) is 0 Å². The maximum absolute atomic E-state index is 13.7. The molecule has 0 fully saturated rings. The van der Waals surface area contributed by atoms with Gasteiger partial charge in [0.05, 0.1) is 5.56 Å². The van der Waals surface area contributed by atoms with Crippen LogP contribution in [0.5, 0.6) is 0 Å². The highest BCUT2D eigenvalue weighted by Crippen LogP contribution is 2.36. The Morgan fingerprint density at radius 2 is 1.70 bits per heavy atom. The van der Waals surface area contributed by atoms with E-state index in [1.807, 2.05) is 6.92 Å². The molecule has 1 unspecified atom stereocenters. The second-order valence-electron chi connectivity index (χ2n) is 4.44. The molecule has 0 aliphatic carbocycles. The van der Waals surface area contributed by atoms with Crippen LogP contribution < -0.4 is 5.73 Å². The number of benzene rings is 1. The largest absolute Gasteiger partial charge is 0.323 e. The summed E-state index contributed by atoms with van der Waals surface area (Å²) in [5, 5.41) is 0. The van der Waals surface area contributed by atoms with Crippen LogP contribution in [0.3, 0.4) is 0 Å². The van der Waals surface area contributed by atoms with E-state index in [1.165, 1.54) is 6.07 Å². The van der Waals surface area contributed by atoms with E-state index in [1.54, 1.807) is 6.07 Å². The van der Waals surface area contributed by atoms with Gasteiger partial charge in [-0.15, -0.1) is 11.3 Å². The van der Waals surface area contributed by atoms with Gasteiger partial charge in [0.15, 0.2) is 23.3 Å². The van der Waals surface area contributed by atoms with Gasteiger partial charge >= 0.3 is 0 Å². The third kappa shape index (κ3) is 2.71. The zero-order chi connectivity index (χ0) is 14.9. The van der Waals surface area contributed by atoms with Crippen molar-refractivity contribution in [1.29, 1.82) is 0 Å². The van der Waals surface area contributed by atoms with Crippen LogP contribution in [0.2, 0.25) is 0 Å². The normalized spacial score (nSPS) is 12.7. The molecule has 0 saturated heterocycles. The van der Waals surface area contributed by atoms with E-state index in [0.29, 0.717) is 0 Å². The Balaban J connectivity index is 2.48. The minimum Gasteiger partial charge on any atom is -0.323 e. The van der Waals surface area contributed by atoms with Gasteiger partial charge in [0, 0.05) is 21.9 Å². The fourth-order valence-electron chi connectivity index (χ4n) is 1.93. The molecule has 1 heterocycles. The molecule has 0 saturated carbocycles. The van der Waals surface area contributed by atoms with Crippen molar-refractivity contribution in [2.75, 3.05) is 0 Å². The monoisotopic (exact) mass is 303 g/mol. The van der Waals surface area contributed by atoms with Crippen LogP contribution in [-0.4, -0.2) is 0 Å². The van der Waals surface area contributed by atoms with Crippen LogP contribution in [0.1, 0.15) is 30.7 Å². The summed E-state index contributed by atoms with van der Waals surface area (Å²) in [6.07, 6.45) is 1.59. The van der Waals surface area contributed by atoms with Crippen molar-refractivity contribution in [3.8, 4) is 10.4 Å². The maximum Gasteiger partial charge on any atom is 0.170 e. The summed E-state index contributed by atoms with van der Waals surface area (Å²) < 4.78 is 53.7. The molecule has 0 spiro atoms. The first-order valence-corrected chi connectivity index (χ1v) is 6.96. The molecule has 0 radical (unpaired) electrons. The molecule has 2 rings (SSSR count). The van der Waals surface area contributed by atoms with Crippen molar-refractivity contribution in [2.24, 2.45) is 5.73 Å². The first kappa shape index (κ1) is 15.0. The van der Waals surface area contributed by atoms with Gasteiger partial charge in [0.2, 0.25) is 0 Å². The van der Waals surface area contributed by atoms with Crippen molar-refractivity contribution in [1.82, 2.24) is 0 Å². The minimum absolute atomic E-state index is 0.125. The molecular weight excluding hydrogens is 290 g/mol. The molecule has 1 atom stereocenters. The molecule has 1 nitrogen and oxygen atoms in total. The predicted molar refractivity (Wildman–Crippen MR) is 71.4 cm³/mol. The minimum atomic E-state index is -1.41. The smallest absolute Gasteiger partial charge is 0.170 e. The molecule has 0 bridgehead atoms. The second-order valence-corrected chi connectivity index (χ2v) is 5.56. The van der Waals surface area contributed by atoms with Gasteiger partial charge in [-0.1, -0.05) is 13.3 Å². The van der Waals surface area contributed by atoms with Crippen LogP contribution >= 0.6 is 11.3 Å². The number of hydrogen-bond donors (Lipinski definition) is 1. The maximum atomic E-state index is 13.7. The third-order valence-electron chi connectivity index (χ3n) is 2.95. The quantitative estimate of drug-likeness (QED) is 0.639. The van der Waals surface area contributed by atoms with Gasteiger partial charge in [0.25, 0.3) is 0 Å². The molecule has 108 valence electrons. The number of halogens is 4. The van der Waals surface area contributed by atoms with E-state index >= 15 is 0 Å². The summed E-state index contributed by atoms with van der Waals surface area (Å²) in [7, 11) is 0. The van der Waals surface area contributed by atoms with Gasteiger partial charge in [-0.2, -0.15) is 0 Å². The third-order valence-corrected chi connectivity index (χ3v) is 4.18. The summed E-state index contributed by atoms with van der Waals surface area (Å²) in [5.41, 5.74) is 5.23. The Morgan fingerprint density at radius 3 is 2.25 bits per heavy atom. The van der Waals surface area contributed by atoms with Crippen LogP contribution in [0.15, 0.2) is 18.2 Å². The number of rotatable bonds is 4. The Bertz CT molecular complexity index is 598. The van der Waals surface area contributed by atoms with Crippen molar-refractivity contribution in [3.63, 3.8) is 0 Å². The molecule has 2 aromatic rings. The molecule has 2 N–H and O–H groups in total. The summed E-state index contributed by atoms with van der Waals surface area (Å²) in [5.74, 6) is -5.60. The highest BCUT2D eigenvalue weighted by Gasteiger charge is 2.22. The van der Waals surface area contributed by atoms with E-state index in [9.17, 15) is 17.6 Å². The average Bonchev–Trinajstić information content (AvgIpc) is 2.87. The van der Waals surface area contributed by atoms with Crippen LogP contribution in [0.4, 0.5) is 17.6 Å². The Labute approximate surface area is 118 Å². The zero-order valence-electron chi connectivity index (χ0n) is 10.7. The first-order chi connectivity index (χ1) is 9.45. The SMILES string of the molecule is CCCC(N)c1ccc(-c2c(F)c(F)cc(F)c2F)s1. The van der Waals surface area contributed by atoms with Crippen molar-refractivity contribution >= 4 is 11.3 Å². The molecule has 20 heavy (non-hydrogen) atoms. The lowest BCUT2D eigenvalue weighted by Crippen LogP contribution is -2.07. The highest BCUT2D eigenvalue weighted by atomic mass is 32.1. The van der Waals surface area contributed by atoms with Crippen molar-refractivity contribution in [3.05, 3.63) is 46.3 Å². The lowest BCUT2D eigenvalue weighted by molar-refractivity contribution is 0.458. The molecule has 0 aliphatic rings. The molecular formula is C14H13F4NS. The van der Waals surface area contributed by atoms with Gasteiger partial charge in [-0.25, -0.2) is 17.6 Å². The van der Waals surface area contributed by atoms with Crippen LogP contribution in [-0.2, 0) is 0 Å². The summed E-state index contributed by atoms with van der Waals surface area (Å²) >= 11 is 1.04. The van der Waals surface area contributed by atoms with Gasteiger partial charge < -0.3 is 5.73 Å². The average molecular weight is 303 g/mol. The van der Waals surface area contributed by atoms with Gasteiger partial charge in [-0.3, -0.25) is 0 Å². The van der Waals surface area contributed by atoms with E-state index in [-0.39, 0.29) is 17.0 Å². The molecule has 0 aliphatic heterocycles. The van der Waals surface area contributed by atoms with Crippen LogP contribution in [0, 0.1) is 23.3 Å². The number of thiophene rings is 1. The number of nitrogens with two attached hydrogens (primary N) is 1. The van der Waals surface area contributed by atoms with Crippen molar-refractivity contribution < 1.29 is 17.6 Å². The van der Waals surface area contributed by atoms with E-state index in [4.69, 9.17) is 5.73 Å². The Kier molecular flexibility index (Phi) is 4.45. The molecule has 1 aromatic heterocycles. The molecule has 1 aromatic carbocycles. The summed E-state index contributed by atoms with van der Waals surface area (Å²) in [4.78, 5) is 0.852. The molecule has 6 heteroatoms. The second kappa shape index (κ2) is 5.93. The van der Waals surface area contributed by atoms with Crippen LogP contribution in [0.25, 0.3) is 10.4 Å². The van der Waals surface area contributed by atoms with E-state index < -0.39 is 28.8 Å². The predicted octanol–water partition coefficient (Wildman–Crippen LogP) is 4.77. The fraction of sp³-hybridized carbons (Fsp3) is 0.286. The Morgan fingerprint density at radius 1 is 1.10 bits per heavy atom. The summed E-state index contributed by atoms with van der Waals surface area (Å²) in [6.45, 7) is 1.97. The lowest BCUT2D eigenvalue weighted by atomic mass is 10.1. The first-order valence-electron chi connectivity index (χ1n) is 6.14. The summed E-state index contributed by atoms with van der Waals surface area (Å²) in [6, 6.07) is 3.01. The van der Waals surface area contributed by atoms with Crippen molar-refractivity contribution in [2.45, 2.75) is 25.8 Å². The highest BCUT2D eigenvalue weighted by molar-refractivity contribution is 7.15. The fourth-order valence-corrected chi connectivity index (χ4v) is 3.01. The van der Waals surface area contributed by atoms with Gasteiger partial charge in [-0.05, 0) is 18.6 Å². The lowest BCUT2D eigenvalue weighted by Gasteiger charge is -2.07. The molecule has 0 amide bonds. The Hall–Kier alpha value is -1.40. The number of hydrogen-bond acceptors (Lipinski definition) is 2. The topological polar surface area (TPSA) is 26.0 Å². The van der Waals surface area contributed by atoms with E-state index in [0.717, 1.165) is 29.1 Å². The zero-order valence-corrected chi connectivity index (χ0v) is 11.5. The van der Waals surface area contributed by atoms with Gasteiger partial charge in [0.1, 0.15) is 0 Å².